The third-order valence-electron chi connectivity index (χ3n) is 3.95. The van der Waals surface area contributed by atoms with Gasteiger partial charge in [0.05, 0.1) is 10.5 Å². The predicted octanol–water partition coefficient (Wildman–Crippen LogP) is 2.73. The molecule has 0 heterocycles. The van der Waals surface area contributed by atoms with Crippen molar-refractivity contribution in [3.8, 4) is 0 Å². The first-order valence-corrected chi connectivity index (χ1v) is 9.47. The van der Waals surface area contributed by atoms with Crippen LogP contribution in [0.25, 0.3) is 0 Å². The maximum atomic E-state index is 14.0. The molecule has 27 heavy (non-hydrogen) atoms. The van der Waals surface area contributed by atoms with E-state index in [-0.39, 0.29) is 4.90 Å². The van der Waals surface area contributed by atoms with Crippen molar-refractivity contribution in [3.05, 3.63) is 64.5 Å². The summed E-state index contributed by atoms with van der Waals surface area (Å²) in [6.07, 6.45) is 0. The van der Waals surface area contributed by atoms with E-state index in [0.29, 0.717) is 5.56 Å². The average molecular weight is 393 g/mol. The Hall–Kier alpha value is -2.58. The van der Waals surface area contributed by atoms with Gasteiger partial charge >= 0.3 is 5.97 Å². The Morgan fingerprint density at radius 1 is 1.04 bits per heavy atom. The molecule has 0 aliphatic rings. The van der Waals surface area contributed by atoms with Crippen LogP contribution in [0.2, 0.25) is 0 Å². The van der Waals surface area contributed by atoms with Gasteiger partial charge in [-0.05, 0) is 37.6 Å². The first kappa shape index (κ1) is 20.7. The van der Waals surface area contributed by atoms with Gasteiger partial charge in [-0.1, -0.05) is 23.8 Å². The lowest BCUT2D eigenvalue weighted by atomic mass is 10.0. The molecule has 0 N–H and O–H groups in total. The van der Waals surface area contributed by atoms with E-state index in [0.717, 1.165) is 33.6 Å². The second-order valence-corrected chi connectivity index (χ2v) is 8.40. The summed E-state index contributed by atoms with van der Waals surface area (Å²) >= 11 is 0. The van der Waals surface area contributed by atoms with E-state index in [2.05, 4.69) is 0 Å². The van der Waals surface area contributed by atoms with Gasteiger partial charge in [-0.15, -0.1) is 0 Å². The molecule has 0 saturated carbocycles. The maximum Gasteiger partial charge on any atom is 0.341 e. The molecule has 0 atom stereocenters. The Balaban J connectivity index is 2.20. The molecule has 0 aliphatic heterocycles. The van der Waals surface area contributed by atoms with Crippen LogP contribution >= 0.6 is 0 Å². The van der Waals surface area contributed by atoms with Crippen LogP contribution < -0.4 is 0 Å². The number of Topliss-reactive ketones (excluding diaryl/α,β-unsaturated/α-hetero) is 1. The van der Waals surface area contributed by atoms with Gasteiger partial charge in [0.15, 0.2) is 6.61 Å². The summed E-state index contributed by atoms with van der Waals surface area (Å²) in [5.74, 6) is -2.48. The summed E-state index contributed by atoms with van der Waals surface area (Å²) in [6.45, 7) is 3.07. The molecule has 2 rings (SSSR count). The van der Waals surface area contributed by atoms with Crippen molar-refractivity contribution < 1.29 is 27.1 Å². The second-order valence-electron chi connectivity index (χ2n) is 6.25. The molecule has 0 aliphatic carbocycles. The van der Waals surface area contributed by atoms with Crippen LogP contribution in [0, 0.1) is 19.7 Å². The quantitative estimate of drug-likeness (QED) is 0.557. The van der Waals surface area contributed by atoms with E-state index < -0.39 is 39.8 Å². The highest BCUT2D eigenvalue weighted by molar-refractivity contribution is 7.89. The van der Waals surface area contributed by atoms with E-state index in [4.69, 9.17) is 4.74 Å². The van der Waals surface area contributed by atoms with Crippen LogP contribution in [-0.2, 0) is 14.8 Å². The first-order valence-electron chi connectivity index (χ1n) is 8.03. The second kappa shape index (κ2) is 7.98. The molecule has 0 aromatic heterocycles. The number of benzene rings is 2. The molecule has 0 fully saturated rings. The molecular weight excluding hydrogens is 373 g/mol. The standard InChI is InChI=1S/C19H20FNO5S/c1-12-5-7-15(13(2)9-12)18(22)11-26-19(23)16-10-14(6-8-17(16)20)27(24,25)21(3)4/h5-10H,11H2,1-4H3. The molecule has 0 unspecified atom stereocenters. The van der Waals surface area contributed by atoms with E-state index >= 15 is 0 Å². The topological polar surface area (TPSA) is 80.8 Å². The zero-order valence-electron chi connectivity index (χ0n) is 15.4. The lowest BCUT2D eigenvalue weighted by Crippen LogP contribution is -2.23. The summed E-state index contributed by atoms with van der Waals surface area (Å²) in [7, 11) is -1.20. The minimum Gasteiger partial charge on any atom is -0.454 e. The lowest BCUT2D eigenvalue weighted by Gasteiger charge is -2.12. The number of sulfonamides is 1. The number of nitrogens with zero attached hydrogens (tertiary/aromatic N) is 1. The van der Waals surface area contributed by atoms with Crippen LogP contribution in [0.1, 0.15) is 31.8 Å². The normalized spacial score (nSPS) is 11.5. The van der Waals surface area contributed by atoms with Gasteiger partial charge in [0.2, 0.25) is 15.8 Å². The summed E-state index contributed by atoms with van der Waals surface area (Å²) in [5, 5.41) is 0. The van der Waals surface area contributed by atoms with E-state index in [1.807, 2.05) is 13.0 Å². The van der Waals surface area contributed by atoms with E-state index in [1.54, 1.807) is 19.1 Å². The summed E-state index contributed by atoms with van der Waals surface area (Å²) in [4.78, 5) is 24.2. The van der Waals surface area contributed by atoms with Crippen molar-refractivity contribution in [2.45, 2.75) is 18.7 Å². The number of ketones is 1. The van der Waals surface area contributed by atoms with Crippen LogP contribution in [0.4, 0.5) is 4.39 Å². The number of carbonyl (C=O) groups excluding carboxylic acids is 2. The van der Waals surface area contributed by atoms with Gasteiger partial charge in [-0.3, -0.25) is 4.79 Å². The molecule has 0 bridgehead atoms. The number of hydrogen-bond donors (Lipinski definition) is 0. The van der Waals surface area contributed by atoms with E-state index in [1.165, 1.54) is 14.1 Å². The molecule has 0 amide bonds. The molecule has 6 nitrogen and oxygen atoms in total. The van der Waals surface area contributed by atoms with Crippen molar-refractivity contribution in [2.75, 3.05) is 20.7 Å². The number of ether oxygens (including phenoxy) is 1. The van der Waals surface area contributed by atoms with Gasteiger partial charge < -0.3 is 4.74 Å². The predicted molar refractivity (Wildman–Crippen MR) is 97.8 cm³/mol. The number of carbonyl (C=O) groups is 2. The maximum absolute atomic E-state index is 14.0. The molecule has 0 saturated heterocycles. The Kier molecular flexibility index (Phi) is 6.12. The number of esters is 1. The Morgan fingerprint density at radius 3 is 2.30 bits per heavy atom. The van der Waals surface area contributed by atoms with Crippen molar-refractivity contribution in [3.63, 3.8) is 0 Å². The van der Waals surface area contributed by atoms with Crippen LogP contribution in [0.15, 0.2) is 41.3 Å². The van der Waals surface area contributed by atoms with Crippen molar-refractivity contribution in [1.29, 1.82) is 0 Å². The third kappa shape index (κ3) is 4.58. The number of rotatable bonds is 6. The van der Waals surface area contributed by atoms with Crippen molar-refractivity contribution in [1.82, 2.24) is 4.31 Å². The van der Waals surface area contributed by atoms with Crippen molar-refractivity contribution in [2.24, 2.45) is 0 Å². The minimum atomic E-state index is -3.84. The largest absolute Gasteiger partial charge is 0.454 e. The van der Waals surface area contributed by atoms with Gasteiger partial charge in [0.25, 0.3) is 0 Å². The Bertz CT molecular complexity index is 999. The van der Waals surface area contributed by atoms with Gasteiger partial charge in [-0.25, -0.2) is 21.9 Å². The summed E-state index contributed by atoms with van der Waals surface area (Å²) in [5.41, 5.74) is 1.58. The molecule has 2 aromatic carbocycles. The van der Waals surface area contributed by atoms with Crippen LogP contribution in [0.5, 0.6) is 0 Å². The first-order chi connectivity index (χ1) is 12.5. The molecule has 144 valence electrons. The van der Waals surface area contributed by atoms with Gasteiger partial charge in [-0.2, -0.15) is 0 Å². The fraction of sp³-hybridized carbons (Fsp3) is 0.263. The molecule has 2 aromatic rings. The number of hydrogen-bond acceptors (Lipinski definition) is 5. The monoisotopic (exact) mass is 393 g/mol. The highest BCUT2D eigenvalue weighted by Gasteiger charge is 2.23. The minimum absolute atomic E-state index is 0.249. The lowest BCUT2D eigenvalue weighted by molar-refractivity contribution is 0.0469. The highest BCUT2D eigenvalue weighted by Crippen LogP contribution is 2.19. The van der Waals surface area contributed by atoms with Crippen LogP contribution in [-0.4, -0.2) is 45.2 Å². The average Bonchev–Trinajstić information content (AvgIpc) is 2.59. The summed E-state index contributed by atoms with van der Waals surface area (Å²) in [6, 6.07) is 8.04. The molecule has 8 heteroatoms. The zero-order chi connectivity index (χ0) is 20.4. The molecular formula is C19H20FNO5S. The highest BCUT2D eigenvalue weighted by atomic mass is 32.2. The fourth-order valence-electron chi connectivity index (χ4n) is 2.45. The fourth-order valence-corrected chi connectivity index (χ4v) is 3.37. The van der Waals surface area contributed by atoms with Crippen molar-refractivity contribution >= 4 is 21.8 Å². The van der Waals surface area contributed by atoms with Crippen LogP contribution in [0.3, 0.4) is 0 Å². The number of aryl methyl sites for hydroxylation is 2. The van der Waals surface area contributed by atoms with Gasteiger partial charge in [0.1, 0.15) is 5.82 Å². The third-order valence-corrected chi connectivity index (χ3v) is 5.76. The molecule has 0 spiro atoms. The molecule has 0 radical (unpaired) electrons. The Morgan fingerprint density at radius 2 is 1.70 bits per heavy atom. The summed E-state index contributed by atoms with van der Waals surface area (Å²) < 4.78 is 44.1. The smallest absolute Gasteiger partial charge is 0.341 e. The SMILES string of the molecule is Cc1ccc(C(=O)COC(=O)c2cc(S(=O)(=O)N(C)C)ccc2F)c(C)c1. The van der Waals surface area contributed by atoms with E-state index in [9.17, 15) is 22.4 Å². The number of halogens is 1. The zero-order valence-corrected chi connectivity index (χ0v) is 16.3. The van der Waals surface area contributed by atoms with Gasteiger partial charge in [0, 0.05) is 19.7 Å². The Labute approximate surface area is 157 Å².